The summed E-state index contributed by atoms with van der Waals surface area (Å²) in [5, 5.41) is 7.02. The van der Waals surface area contributed by atoms with Crippen molar-refractivity contribution in [3.8, 4) is 0 Å². The number of hydrogen-bond acceptors (Lipinski definition) is 2. The molecule has 3 aromatic rings. The topological polar surface area (TPSA) is 24.1 Å². The molecule has 2 heteroatoms. The van der Waals surface area contributed by atoms with Gasteiger partial charge >= 0.3 is 0 Å². The fraction of sp³-hybridized carbons (Fsp3) is 0.333. The van der Waals surface area contributed by atoms with Gasteiger partial charge < -0.3 is 10.6 Å². The van der Waals surface area contributed by atoms with Gasteiger partial charge in [0.1, 0.15) is 0 Å². The monoisotopic (exact) mass is 386 g/mol. The van der Waals surface area contributed by atoms with Crippen LogP contribution in [0, 0.1) is 0 Å². The minimum atomic E-state index is 0.171. The fourth-order valence-electron chi connectivity index (χ4n) is 3.27. The van der Waals surface area contributed by atoms with E-state index in [2.05, 4.69) is 125 Å². The molecule has 0 aliphatic heterocycles. The van der Waals surface area contributed by atoms with Gasteiger partial charge in [0.05, 0.1) is 0 Å². The van der Waals surface area contributed by atoms with E-state index in [0.717, 1.165) is 29.2 Å². The zero-order chi connectivity index (χ0) is 21.1. The second-order valence-corrected chi connectivity index (χ2v) is 9.47. The molecule has 29 heavy (non-hydrogen) atoms. The van der Waals surface area contributed by atoms with Gasteiger partial charge in [-0.15, -0.1) is 0 Å². The summed E-state index contributed by atoms with van der Waals surface area (Å²) >= 11 is 0. The molecular formula is C27H34N2. The van der Waals surface area contributed by atoms with Gasteiger partial charge in [-0.25, -0.2) is 0 Å². The van der Waals surface area contributed by atoms with E-state index in [9.17, 15) is 0 Å². The molecule has 0 unspecified atom stereocenters. The Labute approximate surface area is 176 Å². The lowest BCUT2D eigenvalue weighted by molar-refractivity contribution is 0.506. The molecule has 0 heterocycles. The first-order valence-corrected chi connectivity index (χ1v) is 10.5. The number of rotatable bonds is 6. The summed E-state index contributed by atoms with van der Waals surface area (Å²) in [6.07, 6.45) is 1.13. The van der Waals surface area contributed by atoms with Gasteiger partial charge in [0.15, 0.2) is 0 Å². The molecule has 0 saturated carbocycles. The maximum Gasteiger partial charge on any atom is 0.0405 e. The zero-order valence-corrected chi connectivity index (χ0v) is 18.6. The largest absolute Gasteiger partial charge is 0.355 e. The number of hydrogen-bond donors (Lipinski definition) is 2. The van der Waals surface area contributed by atoms with Crippen LogP contribution >= 0.6 is 0 Å². The molecule has 0 saturated heterocycles. The van der Waals surface area contributed by atoms with E-state index in [-0.39, 0.29) is 10.8 Å². The number of benzene rings is 3. The molecule has 0 fully saturated rings. The molecule has 0 aliphatic carbocycles. The van der Waals surface area contributed by atoms with Crippen molar-refractivity contribution in [3.63, 3.8) is 0 Å². The Hall–Kier alpha value is -2.74. The molecule has 0 spiro atoms. The van der Waals surface area contributed by atoms with Crippen molar-refractivity contribution >= 4 is 22.7 Å². The fourth-order valence-corrected chi connectivity index (χ4v) is 3.27. The molecule has 3 aromatic carbocycles. The molecule has 3 rings (SSSR count). The highest BCUT2D eigenvalue weighted by Gasteiger charge is 2.17. The van der Waals surface area contributed by atoms with Crippen LogP contribution in [0.4, 0.5) is 22.7 Å². The first-order chi connectivity index (χ1) is 13.7. The van der Waals surface area contributed by atoms with Crippen molar-refractivity contribution in [2.45, 2.75) is 58.8 Å². The predicted octanol–water partition coefficient (Wildman–Crippen LogP) is 8.16. The molecule has 0 amide bonds. The molecule has 0 atom stereocenters. The summed E-state index contributed by atoms with van der Waals surface area (Å²) in [6.45, 7) is 13.5. The van der Waals surface area contributed by atoms with Gasteiger partial charge in [0, 0.05) is 22.7 Å². The number of anilines is 4. The Morgan fingerprint density at radius 3 is 1.45 bits per heavy atom. The molecular weight excluding hydrogens is 352 g/mol. The summed E-state index contributed by atoms with van der Waals surface area (Å²) < 4.78 is 0. The summed E-state index contributed by atoms with van der Waals surface area (Å²) in [5.74, 6) is 0. The van der Waals surface area contributed by atoms with Crippen LogP contribution in [0.1, 0.15) is 59.1 Å². The quantitative estimate of drug-likeness (QED) is 0.446. The smallest absolute Gasteiger partial charge is 0.0405 e. The Balaban J connectivity index is 1.70. The van der Waals surface area contributed by atoms with Gasteiger partial charge in [0.25, 0.3) is 0 Å². The van der Waals surface area contributed by atoms with Crippen LogP contribution in [0.15, 0.2) is 72.8 Å². The van der Waals surface area contributed by atoms with Crippen LogP contribution < -0.4 is 10.6 Å². The standard InChI is InChI=1S/C27H34N2/c1-7-27(5,6)21-13-17-23(18-14-21)29-25-10-8-9-24(19-25)28-22-15-11-20(12-16-22)26(2,3)4/h8-19,28-29H,7H2,1-6H3. The Bertz CT molecular complexity index is 930. The minimum absolute atomic E-state index is 0.171. The van der Waals surface area contributed by atoms with Crippen LogP contribution in [0.3, 0.4) is 0 Å². The molecule has 152 valence electrons. The van der Waals surface area contributed by atoms with Crippen LogP contribution in [0.25, 0.3) is 0 Å². The van der Waals surface area contributed by atoms with Crippen molar-refractivity contribution < 1.29 is 0 Å². The molecule has 0 aromatic heterocycles. The maximum absolute atomic E-state index is 3.52. The second-order valence-electron chi connectivity index (χ2n) is 9.47. The Morgan fingerprint density at radius 1 is 0.586 bits per heavy atom. The first kappa shape index (κ1) is 21.0. The summed E-state index contributed by atoms with van der Waals surface area (Å²) in [5.41, 5.74) is 7.45. The molecule has 0 radical (unpaired) electrons. The van der Waals surface area contributed by atoms with Crippen molar-refractivity contribution in [1.29, 1.82) is 0 Å². The van der Waals surface area contributed by atoms with Crippen molar-refractivity contribution in [1.82, 2.24) is 0 Å². The molecule has 2 nitrogen and oxygen atoms in total. The second kappa shape index (κ2) is 8.32. The van der Waals surface area contributed by atoms with Gasteiger partial charge in [-0.05, 0) is 70.8 Å². The summed E-state index contributed by atoms with van der Waals surface area (Å²) in [7, 11) is 0. The lowest BCUT2D eigenvalue weighted by Gasteiger charge is -2.23. The first-order valence-electron chi connectivity index (χ1n) is 10.5. The Morgan fingerprint density at radius 2 is 1.03 bits per heavy atom. The highest BCUT2D eigenvalue weighted by Crippen LogP contribution is 2.29. The SMILES string of the molecule is CCC(C)(C)c1ccc(Nc2cccc(Nc3ccc(C(C)(C)C)cc3)c2)cc1. The molecule has 2 N–H and O–H groups in total. The summed E-state index contributed by atoms with van der Waals surface area (Å²) in [4.78, 5) is 0. The van der Waals surface area contributed by atoms with E-state index in [4.69, 9.17) is 0 Å². The van der Waals surface area contributed by atoms with E-state index in [1.165, 1.54) is 11.1 Å². The summed E-state index contributed by atoms with van der Waals surface area (Å²) in [6, 6.07) is 25.9. The van der Waals surface area contributed by atoms with Gasteiger partial charge in [-0.2, -0.15) is 0 Å². The van der Waals surface area contributed by atoms with Gasteiger partial charge in [-0.1, -0.05) is 71.9 Å². The van der Waals surface area contributed by atoms with Crippen LogP contribution in [-0.4, -0.2) is 0 Å². The molecule has 0 bridgehead atoms. The average Bonchev–Trinajstić information content (AvgIpc) is 2.68. The van der Waals surface area contributed by atoms with E-state index in [1.54, 1.807) is 0 Å². The third-order valence-electron chi connectivity index (χ3n) is 5.74. The Kier molecular flexibility index (Phi) is 6.02. The zero-order valence-electron chi connectivity index (χ0n) is 18.6. The highest BCUT2D eigenvalue weighted by atomic mass is 14.9. The van der Waals surface area contributed by atoms with E-state index >= 15 is 0 Å². The lowest BCUT2D eigenvalue weighted by Crippen LogP contribution is -2.15. The number of nitrogens with one attached hydrogen (secondary N) is 2. The van der Waals surface area contributed by atoms with Crippen LogP contribution in [0.2, 0.25) is 0 Å². The van der Waals surface area contributed by atoms with Crippen molar-refractivity contribution in [2.24, 2.45) is 0 Å². The molecule has 0 aliphatic rings. The maximum atomic E-state index is 3.52. The van der Waals surface area contributed by atoms with Crippen molar-refractivity contribution in [3.05, 3.63) is 83.9 Å². The van der Waals surface area contributed by atoms with E-state index in [0.29, 0.717) is 0 Å². The lowest BCUT2D eigenvalue weighted by atomic mass is 9.82. The normalized spacial score (nSPS) is 11.9. The van der Waals surface area contributed by atoms with Gasteiger partial charge in [0.2, 0.25) is 0 Å². The highest BCUT2D eigenvalue weighted by molar-refractivity contribution is 5.68. The third-order valence-corrected chi connectivity index (χ3v) is 5.74. The van der Waals surface area contributed by atoms with Gasteiger partial charge in [-0.3, -0.25) is 0 Å². The van der Waals surface area contributed by atoms with Crippen molar-refractivity contribution in [2.75, 3.05) is 10.6 Å². The average molecular weight is 387 g/mol. The predicted molar refractivity (Wildman–Crippen MR) is 128 cm³/mol. The van der Waals surface area contributed by atoms with Crippen LogP contribution in [0.5, 0.6) is 0 Å². The van der Waals surface area contributed by atoms with E-state index < -0.39 is 0 Å². The third kappa shape index (κ3) is 5.41. The van der Waals surface area contributed by atoms with Crippen LogP contribution in [-0.2, 0) is 10.8 Å². The van der Waals surface area contributed by atoms with E-state index in [1.807, 2.05) is 0 Å². The minimum Gasteiger partial charge on any atom is -0.355 e.